The number of hydrogen-bond donors (Lipinski definition) is 0. The SMILES string of the molecule is O=c1ccn(C2CCC3(CCCC3)C2)c2cc(Cl)ncc12. The molecule has 3 nitrogen and oxygen atoms in total. The number of halogens is 1. The molecule has 2 aliphatic carbocycles. The van der Waals surface area contributed by atoms with Crippen LogP contribution in [-0.2, 0) is 0 Å². The summed E-state index contributed by atoms with van der Waals surface area (Å²) >= 11 is 6.04. The number of fused-ring (bicyclic) bond motifs is 1. The normalized spacial score (nSPS) is 24.1. The Balaban J connectivity index is 1.79. The second-order valence-electron chi connectivity index (χ2n) is 6.72. The van der Waals surface area contributed by atoms with Crippen LogP contribution in [0.3, 0.4) is 0 Å². The van der Waals surface area contributed by atoms with Gasteiger partial charge in [0.2, 0.25) is 0 Å². The summed E-state index contributed by atoms with van der Waals surface area (Å²) in [4.78, 5) is 16.1. The monoisotopic (exact) mass is 302 g/mol. The number of pyridine rings is 2. The third-order valence-electron chi connectivity index (χ3n) is 5.51. The van der Waals surface area contributed by atoms with Gasteiger partial charge in [-0.05, 0) is 43.6 Å². The Hall–Kier alpha value is -1.35. The van der Waals surface area contributed by atoms with Crippen molar-refractivity contribution in [2.75, 3.05) is 0 Å². The van der Waals surface area contributed by atoms with Gasteiger partial charge in [-0.2, -0.15) is 0 Å². The molecule has 2 aromatic rings. The van der Waals surface area contributed by atoms with E-state index in [0.717, 1.165) is 5.52 Å². The second kappa shape index (κ2) is 4.84. The van der Waals surface area contributed by atoms with Crippen LogP contribution in [-0.4, -0.2) is 9.55 Å². The summed E-state index contributed by atoms with van der Waals surface area (Å²) in [5.41, 5.74) is 1.53. The van der Waals surface area contributed by atoms with Crippen LogP contribution < -0.4 is 5.43 Å². The van der Waals surface area contributed by atoms with Crippen molar-refractivity contribution in [1.29, 1.82) is 0 Å². The van der Waals surface area contributed by atoms with Crippen LogP contribution in [0.4, 0.5) is 0 Å². The van der Waals surface area contributed by atoms with Gasteiger partial charge in [0.05, 0.1) is 10.9 Å². The van der Waals surface area contributed by atoms with Crippen molar-refractivity contribution in [3.63, 3.8) is 0 Å². The van der Waals surface area contributed by atoms with Crippen molar-refractivity contribution in [3.8, 4) is 0 Å². The molecule has 1 unspecified atom stereocenters. The number of hydrogen-bond acceptors (Lipinski definition) is 2. The summed E-state index contributed by atoms with van der Waals surface area (Å²) in [6.45, 7) is 0. The molecule has 0 aliphatic heterocycles. The van der Waals surface area contributed by atoms with Crippen molar-refractivity contribution < 1.29 is 0 Å². The maximum absolute atomic E-state index is 12.0. The molecule has 2 aliphatic rings. The van der Waals surface area contributed by atoms with Gasteiger partial charge in [-0.1, -0.05) is 24.4 Å². The lowest BCUT2D eigenvalue weighted by molar-refractivity contribution is 0.295. The molecule has 0 saturated heterocycles. The lowest BCUT2D eigenvalue weighted by atomic mass is 9.84. The average Bonchev–Trinajstić information content (AvgIpc) is 3.10. The Morgan fingerprint density at radius 1 is 1.29 bits per heavy atom. The van der Waals surface area contributed by atoms with Crippen molar-refractivity contribution in [1.82, 2.24) is 9.55 Å². The van der Waals surface area contributed by atoms with Crippen molar-refractivity contribution >= 4 is 22.5 Å². The smallest absolute Gasteiger partial charge is 0.190 e. The van der Waals surface area contributed by atoms with Gasteiger partial charge in [0.1, 0.15) is 5.15 Å². The van der Waals surface area contributed by atoms with E-state index in [1.807, 2.05) is 12.3 Å². The molecule has 2 fully saturated rings. The lowest BCUT2D eigenvalue weighted by Crippen LogP contribution is -2.15. The van der Waals surface area contributed by atoms with Crippen LogP contribution in [0.2, 0.25) is 5.15 Å². The molecule has 2 aromatic heterocycles. The maximum atomic E-state index is 12.0. The fourth-order valence-electron chi connectivity index (χ4n) is 4.45. The molecule has 4 heteroatoms. The molecule has 110 valence electrons. The molecule has 2 heterocycles. The summed E-state index contributed by atoms with van der Waals surface area (Å²) < 4.78 is 2.26. The van der Waals surface area contributed by atoms with Crippen LogP contribution in [0.15, 0.2) is 29.3 Å². The fourth-order valence-corrected chi connectivity index (χ4v) is 4.61. The molecule has 2 saturated carbocycles. The van der Waals surface area contributed by atoms with Crippen LogP contribution in [0.25, 0.3) is 10.9 Å². The average molecular weight is 303 g/mol. The minimum absolute atomic E-state index is 0.0268. The van der Waals surface area contributed by atoms with Gasteiger partial charge in [-0.15, -0.1) is 0 Å². The molecule has 4 rings (SSSR count). The lowest BCUT2D eigenvalue weighted by Gasteiger charge is -2.24. The first kappa shape index (κ1) is 13.3. The largest absolute Gasteiger partial charge is 0.344 e. The first-order chi connectivity index (χ1) is 10.2. The third kappa shape index (κ3) is 2.18. The molecule has 1 spiro atoms. The Morgan fingerprint density at radius 3 is 2.90 bits per heavy atom. The van der Waals surface area contributed by atoms with E-state index in [1.165, 1.54) is 44.9 Å². The molecule has 0 amide bonds. The number of nitrogens with zero attached hydrogens (tertiary/aromatic N) is 2. The number of rotatable bonds is 1. The van der Waals surface area contributed by atoms with Crippen molar-refractivity contribution in [3.05, 3.63) is 39.9 Å². The van der Waals surface area contributed by atoms with Gasteiger partial charge in [-0.3, -0.25) is 4.79 Å². The molecule has 0 bridgehead atoms. The van der Waals surface area contributed by atoms with Crippen LogP contribution in [0, 0.1) is 5.41 Å². The van der Waals surface area contributed by atoms with E-state index in [1.54, 1.807) is 12.3 Å². The van der Waals surface area contributed by atoms with Gasteiger partial charge in [0.25, 0.3) is 0 Å². The Bertz CT molecular complexity index is 746. The molecule has 0 N–H and O–H groups in total. The Labute approximate surface area is 128 Å². The highest BCUT2D eigenvalue weighted by Crippen LogP contribution is 2.54. The highest BCUT2D eigenvalue weighted by Gasteiger charge is 2.41. The first-order valence-corrected chi connectivity index (χ1v) is 8.21. The third-order valence-corrected chi connectivity index (χ3v) is 5.72. The van der Waals surface area contributed by atoms with E-state index in [0.29, 0.717) is 22.0 Å². The van der Waals surface area contributed by atoms with E-state index in [-0.39, 0.29) is 5.43 Å². The molecular formula is C17H19ClN2O. The molecule has 0 aromatic carbocycles. The zero-order valence-corrected chi connectivity index (χ0v) is 12.8. The summed E-state index contributed by atoms with van der Waals surface area (Å²) in [6.07, 6.45) is 12.8. The Kier molecular flexibility index (Phi) is 3.07. The highest BCUT2D eigenvalue weighted by atomic mass is 35.5. The molecular weight excluding hydrogens is 284 g/mol. The van der Waals surface area contributed by atoms with Crippen molar-refractivity contribution in [2.45, 2.75) is 51.0 Å². The van der Waals surface area contributed by atoms with E-state index in [9.17, 15) is 4.79 Å². The van der Waals surface area contributed by atoms with E-state index < -0.39 is 0 Å². The maximum Gasteiger partial charge on any atom is 0.190 e. The predicted octanol–water partition coefficient (Wildman–Crippen LogP) is 4.34. The zero-order chi connectivity index (χ0) is 14.4. The van der Waals surface area contributed by atoms with Crippen LogP contribution in [0.1, 0.15) is 51.0 Å². The van der Waals surface area contributed by atoms with Gasteiger partial charge >= 0.3 is 0 Å². The van der Waals surface area contributed by atoms with E-state index >= 15 is 0 Å². The summed E-state index contributed by atoms with van der Waals surface area (Å²) in [5, 5.41) is 1.13. The van der Waals surface area contributed by atoms with E-state index in [4.69, 9.17) is 11.6 Å². The zero-order valence-electron chi connectivity index (χ0n) is 12.0. The molecule has 1 atom stereocenters. The number of aromatic nitrogens is 2. The fraction of sp³-hybridized carbons (Fsp3) is 0.529. The highest BCUT2D eigenvalue weighted by molar-refractivity contribution is 6.29. The standard InChI is InChI=1S/C17H19ClN2O/c18-16-9-14-13(11-19-16)15(21)4-8-20(14)12-3-7-17(10-12)5-1-2-6-17/h4,8-9,11-12H,1-3,5-7,10H2. The quantitative estimate of drug-likeness (QED) is 0.735. The second-order valence-corrected chi connectivity index (χ2v) is 7.10. The van der Waals surface area contributed by atoms with Crippen LogP contribution in [0.5, 0.6) is 0 Å². The van der Waals surface area contributed by atoms with Gasteiger partial charge in [0, 0.05) is 24.5 Å². The predicted molar refractivity (Wildman–Crippen MR) is 84.8 cm³/mol. The van der Waals surface area contributed by atoms with Gasteiger partial charge < -0.3 is 4.57 Å². The summed E-state index contributed by atoms with van der Waals surface area (Å²) in [6, 6.07) is 3.99. The van der Waals surface area contributed by atoms with Crippen molar-refractivity contribution in [2.24, 2.45) is 5.41 Å². The summed E-state index contributed by atoms with van der Waals surface area (Å²) in [5.74, 6) is 0. The summed E-state index contributed by atoms with van der Waals surface area (Å²) in [7, 11) is 0. The Morgan fingerprint density at radius 2 is 2.10 bits per heavy atom. The van der Waals surface area contributed by atoms with Gasteiger partial charge in [0.15, 0.2) is 5.43 Å². The van der Waals surface area contributed by atoms with Gasteiger partial charge in [-0.25, -0.2) is 4.98 Å². The molecule has 0 radical (unpaired) electrons. The molecule has 21 heavy (non-hydrogen) atoms. The van der Waals surface area contributed by atoms with E-state index in [2.05, 4.69) is 9.55 Å². The topological polar surface area (TPSA) is 34.9 Å². The minimum Gasteiger partial charge on any atom is -0.344 e. The minimum atomic E-state index is 0.0268. The first-order valence-electron chi connectivity index (χ1n) is 7.83. The van der Waals surface area contributed by atoms with Crippen LogP contribution >= 0.6 is 11.6 Å².